The van der Waals surface area contributed by atoms with E-state index in [4.69, 9.17) is 24.2 Å². The highest BCUT2D eigenvalue weighted by molar-refractivity contribution is 8.24. The maximum Gasteiger partial charge on any atom is 0.162 e. The topological polar surface area (TPSA) is 116 Å². The van der Waals surface area contributed by atoms with E-state index in [0.717, 1.165) is 41.0 Å². The summed E-state index contributed by atoms with van der Waals surface area (Å²) in [4.78, 5) is 7.85. The van der Waals surface area contributed by atoms with Crippen molar-refractivity contribution < 1.29 is 8.37 Å². The lowest BCUT2D eigenvalue weighted by Crippen LogP contribution is -2.55. The number of hydrogen-bond donors (Lipinski definition) is 3. The Morgan fingerprint density at radius 3 is 2.25 bits per heavy atom. The normalized spacial score (nSPS) is 19.1. The Morgan fingerprint density at radius 2 is 1.61 bits per heavy atom. The maximum absolute atomic E-state index is 6.32. The van der Waals surface area contributed by atoms with Crippen LogP contribution in [-0.4, -0.2) is 54.0 Å². The second-order valence-electron chi connectivity index (χ2n) is 9.11. The van der Waals surface area contributed by atoms with E-state index >= 15 is 0 Å². The number of benzene rings is 2. The molecule has 5 rings (SSSR count). The number of nitrogen functional groups attached to an aromatic ring is 1. The predicted molar refractivity (Wildman–Crippen MR) is 147 cm³/mol. The number of nitrogens with one attached hydrogen (secondary N) is 1. The van der Waals surface area contributed by atoms with Crippen LogP contribution in [0.2, 0.25) is 0 Å². The number of nitrogens with zero attached hydrogens (tertiary/aromatic N) is 4. The fourth-order valence-electron chi connectivity index (χ4n) is 4.92. The molecule has 1 saturated heterocycles. The number of anilines is 2. The Bertz CT molecular complexity index is 1360. The SMILES string of the molecule is COS(N)(OC)c1ccc(-c2cnn3cc(-c4ccc(N5[C@H](C)CNC[C@@H]5C)cc4)cnc23)cc1N. The summed E-state index contributed by atoms with van der Waals surface area (Å²) >= 11 is 0. The van der Waals surface area contributed by atoms with E-state index in [1.54, 1.807) is 10.7 Å². The third-order valence-electron chi connectivity index (χ3n) is 6.81. The van der Waals surface area contributed by atoms with E-state index in [9.17, 15) is 0 Å². The van der Waals surface area contributed by atoms with Crippen molar-refractivity contribution in [2.45, 2.75) is 30.8 Å². The van der Waals surface area contributed by atoms with E-state index in [1.165, 1.54) is 19.9 Å². The first-order chi connectivity index (χ1) is 17.3. The molecule has 9 nitrogen and oxygen atoms in total. The van der Waals surface area contributed by atoms with E-state index in [0.29, 0.717) is 22.7 Å². The summed E-state index contributed by atoms with van der Waals surface area (Å²) < 4.78 is 12.6. The molecule has 0 aliphatic carbocycles. The molecule has 1 aliphatic heterocycles. The molecular weight excluding hydrogens is 474 g/mol. The summed E-state index contributed by atoms with van der Waals surface area (Å²) in [6.07, 6.45) is 5.68. The van der Waals surface area contributed by atoms with Gasteiger partial charge in [0.05, 0.1) is 31.0 Å². The molecule has 190 valence electrons. The van der Waals surface area contributed by atoms with Gasteiger partial charge in [-0.05, 0) is 49.2 Å². The van der Waals surface area contributed by atoms with Crippen LogP contribution in [0.25, 0.3) is 27.9 Å². The fraction of sp³-hybridized carbons (Fsp3) is 0.308. The molecule has 0 bridgehead atoms. The monoisotopic (exact) mass is 507 g/mol. The lowest BCUT2D eigenvalue weighted by Gasteiger charge is -2.41. The van der Waals surface area contributed by atoms with Gasteiger partial charge in [-0.3, -0.25) is 8.37 Å². The molecule has 1 fully saturated rings. The van der Waals surface area contributed by atoms with Gasteiger partial charge in [0.2, 0.25) is 0 Å². The molecule has 1 aliphatic rings. The van der Waals surface area contributed by atoms with Crippen molar-refractivity contribution in [3.63, 3.8) is 0 Å². The van der Waals surface area contributed by atoms with Gasteiger partial charge in [0, 0.05) is 54.4 Å². The van der Waals surface area contributed by atoms with E-state index in [2.05, 4.69) is 53.4 Å². The highest BCUT2D eigenvalue weighted by Gasteiger charge is 2.24. The van der Waals surface area contributed by atoms with Crippen molar-refractivity contribution in [3.05, 3.63) is 61.1 Å². The molecular formula is C26H33N7O2S. The predicted octanol–water partition coefficient (Wildman–Crippen LogP) is 3.99. The molecule has 0 amide bonds. The minimum Gasteiger partial charge on any atom is -0.397 e. The van der Waals surface area contributed by atoms with Crippen molar-refractivity contribution >= 4 is 27.8 Å². The highest BCUT2D eigenvalue weighted by Crippen LogP contribution is 2.52. The zero-order valence-corrected chi connectivity index (χ0v) is 21.8. The Morgan fingerprint density at radius 1 is 0.944 bits per heavy atom. The first kappa shape index (κ1) is 24.5. The molecule has 0 saturated carbocycles. The largest absolute Gasteiger partial charge is 0.397 e. The Hall–Kier alpha value is -3.15. The number of fused-ring (bicyclic) bond motifs is 1. The van der Waals surface area contributed by atoms with Gasteiger partial charge < -0.3 is 16.0 Å². The second-order valence-corrected chi connectivity index (χ2v) is 11.3. The second kappa shape index (κ2) is 9.72. The van der Waals surface area contributed by atoms with Crippen LogP contribution in [0.5, 0.6) is 0 Å². The quantitative estimate of drug-likeness (QED) is 0.336. The minimum atomic E-state index is -2.37. The Balaban J connectivity index is 1.43. The summed E-state index contributed by atoms with van der Waals surface area (Å²) in [6, 6.07) is 15.2. The molecule has 0 radical (unpaired) electrons. The van der Waals surface area contributed by atoms with Gasteiger partial charge in [-0.2, -0.15) is 5.10 Å². The van der Waals surface area contributed by atoms with E-state index in [1.807, 2.05) is 30.6 Å². The molecule has 5 N–H and O–H groups in total. The summed E-state index contributed by atoms with van der Waals surface area (Å²) in [5, 5.41) is 14.3. The first-order valence-corrected chi connectivity index (χ1v) is 13.4. The molecule has 10 heteroatoms. The smallest absolute Gasteiger partial charge is 0.162 e. The third-order valence-corrected chi connectivity index (χ3v) is 8.78. The molecule has 36 heavy (non-hydrogen) atoms. The van der Waals surface area contributed by atoms with Crippen LogP contribution in [-0.2, 0) is 8.37 Å². The summed E-state index contributed by atoms with van der Waals surface area (Å²) in [6.45, 7) is 6.51. The van der Waals surface area contributed by atoms with Crippen molar-refractivity contribution in [2.24, 2.45) is 5.14 Å². The van der Waals surface area contributed by atoms with Crippen molar-refractivity contribution in [3.8, 4) is 22.3 Å². The molecule has 0 spiro atoms. The minimum absolute atomic E-state index is 0.454. The summed E-state index contributed by atoms with van der Waals surface area (Å²) in [7, 11) is 0.652. The van der Waals surface area contributed by atoms with Gasteiger partial charge in [0.15, 0.2) is 5.65 Å². The number of piperazine rings is 1. The average Bonchev–Trinajstić information content (AvgIpc) is 3.32. The van der Waals surface area contributed by atoms with Crippen molar-refractivity contribution in [1.82, 2.24) is 19.9 Å². The van der Waals surface area contributed by atoms with Crippen LogP contribution >= 0.6 is 10.8 Å². The van der Waals surface area contributed by atoms with Gasteiger partial charge in [-0.1, -0.05) is 18.2 Å². The van der Waals surface area contributed by atoms with Crippen LogP contribution in [0.3, 0.4) is 0 Å². The molecule has 4 aromatic rings. The molecule has 3 heterocycles. The third kappa shape index (κ3) is 4.31. The summed E-state index contributed by atoms with van der Waals surface area (Å²) in [5.41, 5.74) is 12.7. The molecule has 0 unspecified atom stereocenters. The van der Waals surface area contributed by atoms with Crippen LogP contribution in [0.1, 0.15) is 13.8 Å². The van der Waals surface area contributed by atoms with Crippen LogP contribution in [0.4, 0.5) is 11.4 Å². The van der Waals surface area contributed by atoms with Crippen molar-refractivity contribution in [2.75, 3.05) is 37.9 Å². The lowest BCUT2D eigenvalue weighted by atomic mass is 10.0. The first-order valence-electron chi connectivity index (χ1n) is 11.9. The Labute approximate surface area is 213 Å². The number of hydrogen-bond acceptors (Lipinski definition) is 8. The van der Waals surface area contributed by atoms with Crippen molar-refractivity contribution in [1.29, 1.82) is 0 Å². The zero-order chi connectivity index (χ0) is 25.4. The average molecular weight is 508 g/mol. The number of rotatable bonds is 6. The van der Waals surface area contributed by atoms with Crippen LogP contribution < -0.4 is 21.1 Å². The molecule has 2 aromatic heterocycles. The van der Waals surface area contributed by atoms with E-state index < -0.39 is 10.8 Å². The van der Waals surface area contributed by atoms with Gasteiger partial charge >= 0.3 is 0 Å². The molecule has 2 atom stereocenters. The van der Waals surface area contributed by atoms with Gasteiger partial charge in [-0.25, -0.2) is 14.6 Å². The summed E-state index contributed by atoms with van der Waals surface area (Å²) in [5.74, 6) is 0. The van der Waals surface area contributed by atoms with Gasteiger partial charge in [0.25, 0.3) is 0 Å². The maximum atomic E-state index is 6.32. The van der Waals surface area contributed by atoms with Crippen LogP contribution in [0, 0.1) is 0 Å². The zero-order valence-electron chi connectivity index (χ0n) is 21.0. The fourth-order valence-corrected chi connectivity index (χ4v) is 6.06. The number of nitrogens with two attached hydrogens (primary N) is 2. The lowest BCUT2D eigenvalue weighted by molar-refractivity contribution is 0.347. The van der Waals surface area contributed by atoms with E-state index in [-0.39, 0.29) is 0 Å². The van der Waals surface area contributed by atoms with Gasteiger partial charge in [0.1, 0.15) is 0 Å². The standard InChI is InChI=1S/C26H33N7O2S/c1-17-12-29-13-18(2)33(17)22-8-5-19(6-9-22)21-14-30-26-23(15-31-32(26)16-21)20-7-10-25(24(27)11-20)36(28,34-3)35-4/h5-11,14-18,29H,12-13,27-28H2,1-4H3/t17-,18+. The van der Waals surface area contributed by atoms with Gasteiger partial charge in [-0.15, -0.1) is 10.8 Å². The molecule has 2 aromatic carbocycles. The number of aromatic nitrogens is 3. The highest BCUT2D eigenvalue weighted by atomic mass is 32.3. The Kier molecular flexibility index (Phi) is 6.62. The van der Waals surface area contributed by atoms with Crippen LogP contribution in [0.15, 0.2) is 66.0 Å².